The molecule has 0 aliphatic carbocycles. The molecule has 2 nitrogen and oxygen atoms in total. The van der Waals surface area contributed by atoms with E-state index in [4.69, 9.17) is 0 Å². The van der Waals surface area contributed by atoms with E-state index in [0.717, 1.165) is 12.1 Å². The Kier molecular flexibility index (Phi) is 9.85. The van der Waals surface area contributed by atoms with Crippen molar-refractivity contribution in [3.63, 3.8) is 0 Å². The van der Waals surface area contributed by atoms with Crippen molar-refractivity contribution >= 4 is 0 Å². The van der Waals surface area contributed by atoms with Crippen LogP contribution in [-0.2, 0) is 0 Å². The zero-order valence-corrected chi connectivity index (χ0v) is 13.0. The molecule has 2 heteroatoms. The van der Waals surface area contributed by atoms with Crippen molar-refractivity contribution in [1.29, 1.82) is 0 Å². The molecule has 104 valence electrons. The zero-order valence-electron chi connectivity index (χ0n) is 13.0. The molecule has 0 saturated carbocycles. The maximum Gasteiger partial charge on any atom is 0.0223 e. The number of rotatable bonds is 5. The van der Waals surface area contributed by atoms with Gasteiger partial charge in [-0.1, -0.05) is 34.6 Å². The van der Waals surface area contributed by atoms with Crippen LogP contribution in [0.25, 0.3) is 0 Å². The van der Waals surface area contributed by atoms with Crippen LogP contribution in [0.5, 0.6) is 0 Å². The molecule has 17 heavy (non-hydrogen) atoms. The lowest BCUT2D eigenvalue weighted by Crippen LogP contribution is -2.57. The highest BCUT2D eigenvalue weighted by atomic mass is 15.3. The van der Waals surface area contributed by atoms with Crippen LogP contribution < -0.4 is 0 Å². The summed E-state index contributed by atoms with van der Waals surface area (Å²) in [7, 11) is 0. The van der Waals surface area contributed by atoms with Gasteiger partial charge in [0.05, 0.1) is 0 Å². The van der Waals surface area contributed by atoms with Gasteiger partial charge in [-0.15, -0.1) is 0 Å². The first-order valence-corrected chi connectivity index (χ1v) is 7.70. The quantitative estimate of drug-likeness (QED) is 0.726. The normalized spacial score (nSPS) is 26.5. The molecule has 0 aromatic rings. The van der Waals surface area contributed by atoms with Gasteiger partial charge in [0.25, 0.3) is 0 Å². The minimum atomic E-state index is 0.746. The number of piperazine rings is 1. The van der Waals surface area contributed by atoms with E-state index in [-0.39, 0.29) is 0 Å². The van der Waals surface area contributed by atoms with E-state index in [1.807, 2.05) is 13.8 Å². The van der Waals surface area contributed by atoms with E-state index >= 15 is 0 Å². The van der Waals surface area contributed by atoms with Crippen LogP contribution in [0.3, 0.4) is 0 Å². The average Bonchev–Trinajstić information content (AvgIpc) is 2.35. The number of hydrogen-bond acceptors (Lipinski definition) is 2. The second-order valence-corrected chi connectivity index (χ2v) is 4.91. The van der Waals surface area contributed by atoms with E-state index in [9.17, 15) is 0 Å². The minimum Gasteiger partial charge on any atom is -0.300 e. The average molecular weight is 242 g/mol. The third-order valence-electron chi connectivity index (χ3n) is 3.52. The van der Waals surface area contributed by atoms with Gasteiger partial charge in [-0.3, -0.25) is 4.90 Å². The van der Waals surface area contributed by atoms with Gasteiger partial charge in [0, 0.05) is 25.2 Å². The Hall–Kier alpha value is -0.0800. The van der Waals surface area contributed by atoms with Gasteiger partial charge in [0.15, 0.2) is 0 Å². The third kappa shape index (κ3) is 5.39. The van der Waals surface area contributed by atoms with Gasteiger partial charge < -0.3 is 4.90 Å². The van der Waals surface area contributed by atoms with Gasteiger partial charge in [0.2, 0.25) is 0 Å². The van der Waals surface area contributed by atoms with Gasteiger partial charge in [-0.05, 0) is 39.3 Å². The van der Waals surface area contributed by atoms with E-state index in [0.29, 0.717) is 0 Å². The van der Waals surface area contributed by atoms with Crippen LogP contribution in [0, 0.1) is 0 Å². The SMILES string of the molecule is CC.CCCN1CC(C)N(CCC)C(CC)C1. The molecular weight excluding hydrogens is 208 g/mol. The van der Waals surface area contributed by atoms with Crippen LogP contribution in [0.1, 0.15) is 60.8 Å². The fraction of sp³-hybridized carbons (Fsp3) is 1.00. The second-order valence-electron chi connectivity index (χ2n) is 4.91. The first-order chi connectivity index (χ1) is 8.22. The maximum absolute atomic E-state index is 2.71. The van der Waals surface area contributed by atoms with Gasteiger partial charge in [-0.2, -0.15) is 0 Å². The lowest BCUT2D eigenvalue weighted by molar-refractivity contribution is 0.0293. The Morgan fingerprint density at radius 1 is 0.941 bits per heavy atom. The summed E-state index contributed by atoms with van der Waals surface area (Å²) in [5, 5.41) is 0. The highest BCUT2D eigenvalue weighted by molar-refractivity contribution is 4.86. The van der Waals surface area contributed by atoms with Crippen LogP contribution in [-0.4, -0.2) is 48.1 Å². The second kappa shape index (κ2) is 9.90. The first kappa shape index (κ1) is 16.9. The molecule has 0 radical (unpaired) electrons. The standard InChI is InChI=1S/C13H28N2.C2H6/c1-5-8-14-10-12(4)15(9-6-2)13(7-3)11-14;1-2/h12-13H,5-11H2,1-4H3;1-2H3. The van der Waals surface area contributed by atoms with Gasteiger partial charge >= 0.3 is 0 Å². The molecular formula is C15H34N2. The van der Waals surface area contributed by atoms with E-state index < -0.39 is 0 Å². The predicted octanol–water partition coefficient (Wildman–Crippen LogP) is 3.62. The van der Waals surface area contributed by atoms with Crippen LogP contribution in [0.2, 0.25) is 0 Å². The van der Waals surface area contributed by atoms with E-state index in [2.05, 4.69) is 37.5 Å². The largest absolute Gasteiger partial charge is 0.300 e. The van der Waals surface area contributed by atoms with Crippen molar-refractivity contribution in [2.24, 2.45) is 0 Å². The van der Waals surface area contributed by atoms with Crippen LogP contribution >= 0.6 is 0 Å². The fourth-order valence-corrected chi connectivity index (χ4v) is 2.84. The third-order valence-corrected chi connectivity index (χ3v) is 3.52. The molecule has 1 fully saturated rings. The predicted molar refractivity (Wildman–Crippen MR) is 78.6 cm³/mol. The lowest BCUT2D eigenvalue weighted by atomic mass is 10.0. The summed E-state index contributed by atoms with van der Waals surface area (Å²) in [4.78, 5) is 5.36. The minimum absolute atomic E-state index is 0.746. The van der Waals surface area contributed by atoms with Crippen molar-refractivity contribution in [2.75, 3.05) is 26.2 Å². The Morgan fingerprint density at radius 2 is 1.53 bits per heavy atom. The highest BCUT2D eigenvalue weighted by Gasteiger charge is 2.29. The van der Waals surface area contributed by atoms with E-state index in [1.54, 1.807) is 0 Å². The van der Waals surface area contributed by atoms with Crippen molar-refractivity contribution in [2.45, 2.75) is 72.9 Å². The molecule has 0 aromatic heterocycles. The Morgan fingerprint density at radius 3 is 2.00 bits per heavy atom. The Bertz CT molecular complexity index is 170. The molecule has 1 aliphatic rings. The lowest BCUT2D eigenvalue weighted by Gasteiger charge is -2.45. The van der Waals surface area contributed by atoms with Crippen LogP contribution in [0.4, 0.5) is 0 Å². The highest BCUT2D eigenvalue weighted by Crippen LogP contribution is 2.18. The summed E-state index contributed by atoms with van der Waals surface area (Å²) in [5.74, 6) is 0. The molecule has 0 spiro atoms. The molecule has 1 heterocycles. The summed E-state index contributed by atoms with van der Waals surface area (Å²) in [6, 6.07) is 1.54. The smallest absolute Gasteiger partial charge is 0.0223 e. The summed E-state index contributed by atoms with van der Waals surface area (Å²) in [6.07, 6.45) is 3.87. The summed E-state index contributed by atoms with van der Waals surface area (Å²) >= 11 is 0. The molecule has 0 N–H and O–H groups in total. The molecule has 0 bridgehead atoms. The molecule has 2 atom stereocenters. The fourth-order valence-electron chi connectivity index (χ4n) is 2.84. The molecule has 1 rings (SSSR count). The molecule has 0 amide bonds. The summed E-state index contributed by atoms with van der Waals surface area (Å²) in [6.45, 7) is 18.4. The molecule has 2 unspecified atom stereocenters. The molecule has 1 saturated heterocycles. The molecule has 1 aliphatic heterocycles. The van der Waals surface area contributed by atoms with Gasteiger partial charge in [0.1, 0.15) is 0 Å². The van der Waals surface area contributed by atoms with E-state index in [1.165, 1.54) is 45.4 Å². The Labute approximate surface area is 109 Å². The monoisotopic (exact) mass is 242 g/mol. The summed E-state index contributed by atoms with van der Waals surface area (Å²) < 4.78 is 0. The number of hydrogen-bond donors (Lipinski definition) is 0. The van der Waals surface area contributed by atoms with Crippen molar-refractivity contribution < 1.29 is 0 Å². The summed E-state index contributed by atoms with van der Waals surface area (Å²) in [5.41, 5.74) is 0. The van der Waals surface area contributed by atoms with Crippen molar-refractivity contribution in [3.05, 3.63) is 0 Å². The van der Waals surface area contributed by atoms with Gasteiger partial charge in [-0.25, -0.2) is 0 Å². The molecule has 0 aromatic carbocycles. The number of nitrogens with zero attached hydrogens (tertiary/aromatic N) is 2. The first-order valence-electron chi connectivity index (χ1n) is 7.70. The Balaban J connectivity index is 0.00000121. The topological polar surface area (TPSA) is 6.48 Å². The van der Waals surface area contributed by atoms with Crippen LogP contribution in [0.15, 0.2) is 0 Å². The maximum atomic E-state index is 2.71. The van der Waals surface area contributed by atoms with Crippen molar-refractivity contribution in [3.8, 4) is 0 Å². The zero-order chi connectivity index (χ0) is 13.3. The van der Waals surface area contributed by atoms with Crippen molar-refractivity contribution in [1.82, 2.24) is 9.80 Å².